The van der Waals surface area contributed by atoms with E-state index in [1.54, 1.807) is 37.3 Å². The van der Waals surface area contributed by atoms with Gasteiger partial charge in [0.25, 0.3) is 5.91 Å². The van der Waals surface area contributed by atoms with Crippen LogP contribution in [0.4, 0.5) is 0 Å². The fraction of sp³-hybridized carbons (Fsp3) is 0.596. The summed E-state index contributed by atoms with van der Waals surface area (Å²) in [5.41, 5.74) is 1.42. The Hall–Kier alpha value is -3.68. The van der Waals surface area contributed by atoms with Gasteiger partial charge in [-0.3, -0.25) is 4.79 Å². The fourth-order valence-electron chi connectivity index (χ4n) is 8.65. The van der Waals surface area contributed by atoms with Gasteiger partial charge in [0, 0.05) is 36.0 Å². The molecular formula is C47H66N2O13S. The minimum Gasteiger partial charge on any atom is -0.507 e. The van der Waals surface area contributed by atoms with Gasteiger partial charge in [0.05, 0.1) is 60.3 Å². The topological polar surface area (TPSA) is 226 Å². The number of aliphatic hydroxyl groups is 2. The number of aromatic hydroxyl groups is 2. The van der Waals surface area contributed by atoms with Crippen LogP contribution in [0.15, 0.2) is 77.7 Å². The third kappa shape index (κ3) is 14.9. The lowest BCUT2D eigenvalue weighted by atomic mass is 9.95. The van der Waals surface area contributed by atoms with Crippen LogP contribution in [-0.4, -0.2) is 96.4 Å². The number of hydrogen-bond donors (Lipinski definition) is 6. The molecule has 0 aliphatic carbocycles. The normalized spacial score (nSPS) is 27.7. The van der Waals surface area contributed by atoms with Crippen molar-refractivity contribution in [3.63, 3.8) is 0 Å². The number of carbonyl (C=O) groups is 1. The number of nitrogens with one attached hydrogen (secondary N) is 1. The van der Waals surface area contributed by atoms with E-state index in [-0.39, 0.29) is 65.1 Å². The maximum atomic E-state index is 12.9. The Labute approximate surface area is 371 Å². The lowest BCUT2D eigenvalue weighted by molar-refractivity contribution is -0.257. The van der Waals surface area contributed by atoms with Crippen LogP contribution in [0.25, 0.3) is 0 Å². The molecule has 7 N–H and O–H groups in total. The number of phenols is 2. The maximum Gasteiger partial charge on any atom is 0.251 e. The van der Waals surface area contributed by atoms with E-state index < -0.39 is 47.0 Å². The summed E-state index contributed by atoms with van der Waals surface area (Å²) in [5, 5.41) is 50.4. The Morgan fingerprint density at radius 3 is 1.70 bits per heavy atom. The summed E-state index contributed by atoms with van der Waals surface area (Å²) in [5.74, 6) is -0.193. The summed E-state index contributed by atoms with van der Waals surface area (Å²) in [6.45, 7) is 3.91. The molecule has 0 aromatic heterocycles. The molecule has 0 bridgehead atoms. The highest BCUT2D eigenvalue weighted by Gasteiger charge is 2.36. The average molecular weight is 899 g/mol. The number of phenolic OH excluding ortho intramolecular Hbond substituents is 2. The lowest BCUT2D eigenvalue weighted by Crippen LogP contribution is -2.44. The van der Waals surface area contributed by atoms with Gasteiger partial charge in [-0.1, -0.05) is 43.3 Å². The van der Waals surface area contributed by atoms with Crippen molar-refractivity contribution < 1.29 is 62.1 Å². The molecular weight excluding hydrogens is 833 g/mol. The second-order valence-corrected chi connectivity index (χ2v) is 18.7. The summed E-state index contributed by atoms with van der Waals surface area (Å²) in [4.78, 5) is 12.8. The number of nitrogens with two attached hydrogens (primary N) is 1. The number of rotatable bonds is 21. The largest absolute Gasteiger partial charge is 0.507 e. The Morgan fingerprint density at radius 1 is 0.683 bits per heavy atom. The minimum absolute atomic E-state index is 0.0113. The predicted octanol–water partition coefficient (Wildman–Crippen LogP) is 6.77. The van der Waals surface area contributed by atoms with Gasteiger partial charge < -0.3 is 54.2 Å². The summed E-state index contributed by atoms with van der Waals surface area (Å²) < 4.78 is 61.1. The monoisotopic (exact) mass is 898 g/mol. The molecule has 3 aromatic carbocycles. The van der Waals surface area contributed by atoms with Crippen molar-refractivity contribution in [2.24, 2.45) is 5.14 Å². The molecule has 348 valence electrons. The molecule has 3 saturated heterocycles. The van der Waals surface area contributed by atoms with Crippen LogP contribution in [-0.2, 0) is 38.4 Å². The van der Waals surface area contributed by atoms with E-state index in [0.717, 1.165) is 38.5 Å². The number of benzene rings is 3. The third-order valence-corrected chi connectivity index (χ3v) is 13.0. The van der Waals surface area contributed by atoms with Gasteiger partial charge in [0.1, 0.15) is 11.5 Å². The molecule has 3 heterocycles. The number of para-hydroxylation sites is 2. The Bertz CT molecular complexity index is 1990. The van der Waals surface area contributed by atoms with Crippen molar-refractivity contribution in [1.82, 2.24) is 5.32 Å². The van der Waals surface area contributed by atoms with E-state index in [2.05, 4.69) is 12.2 Å². The number of ether oxygens (including phenoxy) is 6. The molecule has 15 nitrogen and oxygen atoms in total. The van der Waals surface area contributed by atoms with Gasteiger partial charge in [0.15, 0.2) is 18.9 Å². The quantitative estimate of drug-likeness (QED) is 0.0650. The van der Waals surface area contributed by atoms with Crippen LogP contribution >= 0.6 is 0 Å². The molecule has 3 fully saturated rings. The van der Waals surface area contributed by atoms with Gasteiger partial charge >= 0.3 is 0 Å². The van der Waals surface area contributed by atoms with Crippen molar-refractivity contribution in [3.8, 4) is 11.5 Å². The summed E-state index contributed by atoms with van der Waals surface area (Å²) in [6, 6.07) is 19.4. The SMILES string of the molecule is CCC1CC(CCCC2CC(CC(O)CCCC3CC(CCCC(C)O)OC(CNC(=O)c4ccc(S(N)(=O)=O)cc4)O3)OC(c3ccccc3O)O2)OC(c2ccccc2O)O1. The van der Waals surface area contributed by atoms with Gasteiger partial charge in [-0.05, 0) is 114 Å². The molecule has 1 amide bonds. The number of primary sulfonamides is 1. The zero-order chi connectivity index (χ0) is 44.9. The van der Waals surface area contributed by atoms with Crippen molar-refractivity contribution in [1.29, 1.82) is 0 Å². The highest BCUT2D eigenvalue weighted by atomic mass is 32.2. The molecule has 6 rings (SSSR count). The molecule has 3 aromatic rings. The summed E-state index contributed by atoms with van der Waals surface area (Å²) in [7, 11) is -3.89. The van der Waals surface area contributed by atoms with Crippen molar-refractivity contribution >= 4 is 15.9 Å². The van der Waals surface area contributed by atoms with Crippen molar-refractivity contribution in [2.75, 3.05) is 6.54 Å². The van der Waals surface area contributed by atoms with Crippen LogP contribution in [0.2, 0.25) is 0 Å². The second kappa shape index (κ2) is 23.5. The molecule has 0 spiro atoms. The number of sulfonamides is 1. The maximum absolute atomic E-state index is 12.9. The minimum atomic E-state index is -3.89. The average Bonchev–Trinajstić information content (AvgIpc) is 3.25. The standard InChI is InChI=1S/C47H66N2O13S/c1-3-33-26-36(60-46(59-33)40-17-4-6-19-42(40)52)15-10-16-37-28-38(62-47(61-37)41-18-5-7-20-43(41)53)25-32(51)12-9-14-35-27-34(13-8-11-30(2)50)57-44(58-35)29-49-45(54)31-21-23-39(24-22-31)63(48,55)56/h4-7,17-24,30,32-38,44,46-47,50-53H,3,8-16,25-29H2,1-2H3,(H,49,54)(H2,48,55,56). The van der Waals surface area contributed by atoms with Crippen LogP contribution in [0.3, 0.4) is 0 Å². The number of carbonyl (C=O) groups excluding carboxylic acids is 1. The molecule has 11 unspecified atom stereocenters. The summed E-state index contributed by atoms with van der Waals surface area (Å²) in [6.07, 6.45) is 5.33. The molecule has 0 radical (unpaired) electrons. The first-order valence-corrected chi connectivity index (χ1v) is 24.0. The van der Waals surface area contributed by atoms with Crippen LogP contribution in [0.5, 0.6) is 11.5 Å². The molecule has 16 heteroatoms. The number of hydrogen-bond acceptors (Lipinski definition) is 13. The lowest BCUT2D eigenvalue weighted by Gasteiger charge is -2.38. The van der Waals surface area contributed by atoms with E-state index in [0.29, 0.717) is 62.5 Å². The zero-order valence-corrected chi connectivity index (χ0v) is 37.2. The summed E-state index contributed by atoms with van der Waals surface area (Å²) >= 11 is 0. The first-order chi connectivity index (χ1) is 30.2. The van der Waals surface area contributed by atoms with E-state index in [4.69, 9.17) is 33.6 Å². The van der Waals surface area contributed by atoms with Crippen LogP contribution in [0.1, 0.15) is 138 Å². The van der Waals surface area contributed by atoms with E-state index in [9.17, 15) is 33.6 Å². The molecule has 11 atom stereocenters. The van der Waals surface area contributed by atoms with E-state index >= 15 is 0 Å². The highest BCUT2D eigenvalue weighted by molar-refractivity contribution is 7.89. The second-order valence-electron chi connectivity index (χ2n) is 17.2. The van der Waals surface area contributed by atoms with E-state index in [1.807, 2.05) is 18.2 Å². The number of amides is 1. The fourth-order valence-corrected chi connectivity index (χ4v) is 9.17. The third-order valence-electron chi connectivity index (χ3n) is 12.0. The molecule has 0 saturated carbocycles. The Balaban J connectivity index is 1.01. The van der Waals surface area contributed by atoms with E-state index in [1.165, 1.54) is 24.3 Å². The van der Waals surface area contributed by atoms with Gasteiger partial charge in [-0.2, -0.15) is 0 Å². The first-order valence-electron chi connectivity index (χ1n) is 22.5. The predicted molar refractivity (Wildman–Crippen MR) is 233 cm³/mol. The smallest absolute Gasteiger partial charge is 0.251 e. The number of aliphatic hydroxyl groups excluding tert-OH is 2. The van der Waals surface area contributed by atoms with Gasteiger partial charge in [0.2, 0.25) is 10.0 Å². The Kier molecular flexibility index (Phi) is 18.2. The van der Waals surface area contributed by atoms with Crippen LogP contribution < -0.4 is 10.5 Å². The first kappa shape index (κ1) is 48.8. The Morgan fingerprint density at radius 2 is 1.16 bits per heavy atom. The highest BCUT2D eigenvalue weighted by Crippen LogP contribution is 2.39. The van der Waals surface area contributed by atoms with Crippen molar-refractivity contribution in [3.05, 3.63) is 89.5 Å². The molecule has 3 aliphatic rings. The zero-order valence-electron chi connectivity index (χ0n) is 36.3. The van der Waals surface area contributed by atoms with Crippen LogP contribution in [0, 0.1) is 0 Å². The molecule has 63 heavy (non-hydrogen) atoms. The van der Waals surface area contributed by atoms with Gasteiger partial charge in [-0.15, -0.1) is 0 Å². The molecule has 3 aliphatic heterocycles. The van der Waals surface area contributed by atoms with Crippen molar-refractivity contribution in [2.45, 2.75) is 176 Å². The van der Waals surface area contributed by atoms with Gasteiger partial charge in [-0.25, -0.2) is 13.6 Å².